The van der Waals surface area contributed by atoms with Crippen molar-refractivity contribution in [3.8, 4) is 0 Å². The van der Waals surface area contributed by atoms with Gasteiger partial charge < -0.3 is 15.7 Å². The highest BCUT2D eigenvalue weighted by Crippen LogP contribution is 2.18. The lowest BCUT2D eigenvalue weighted by Gasteiger charge is -2.07. The molecular weight excluding hydrogens is 234 g/mol. The van der Waals surface area contributed by atoms with Crippen LogP contribution < -0.4 is 5.73 Å². The molecule has 3 N–H and O–H groups in total. The molecule has 0 saturated carbocycles. The van der Waals surface area contributed by atoms with Gasteiger partial charge in [0.2, 0.25) is 0 Å². The summed E-state index contributed by atoms with van der Waals surface area (Å²) in [7, 11) is 0. The molecule has 0 unspecified atom stereocenters. The van der Waals surface area contributed by atoms with Crippen LogP contribution >= 0.6 is 0 Å². The van der Waals surface area contributed by atoms with Gasteiger partial charge in [0, 0.05) is 0 Å². The van der Waals surface area contributed by atoms with Gasteiger partial charge in [-0.25, -0.2) is 13.6 Å². The average molecular weight is 244 g/mol. The summed E-state index contributed by atoms with van der Waals surface area (Å²) >= 11 is 0. The number of hydrogen-bond acceptors (Lipinski definition) is 4. The molecule has 0 fully saturated rings. The summed E-state index contributed by atoms with van der Waals surface area (Å²) in [5, 5.41) is 11.0. The Labute approximate surface area is 95.5 Å². The van der Waals surface area contributed by atoms with Gasteiger partial charge in [0.15, 0.2) is 11.7 Å². The van der Waals surface area contributed by atoms with Gasteiger partial charge in [-0.05, 0) is 19.1 Å². The Morgan fingerprint density at radius 3 is 2.71 bits per heavy atom. The molecule has 5 nitrogen and oxygen atoms in total. The first-order valence-corrected chi connectivity index (χ1v) is 4.65. The molecule has 0 atom stereocenters. The van der Waals surface area contributed by atoms with E-state index in [1.807, 2.05) is 0 Å². The predicted molar refractivity (Wildman–Crippen MR) is 54.8 cm³/mol. The topological polar surface area (TPSA) is 84.9 Å². The Hall–Kier alpha value is -2.18. The van der Waals surface area contributed by atoms with Gasteiger partial charge in [-0.2, -0.15) is 0 Å². The van der Waals surface area contributed by atoms with Crippen LogP contribution in [0.4, 0.5) is 8.78 Å². The molecule has 1 aromatic carbocycles. The second kappa shape index (κ2) is 5.24. The molecule has 0 spiro atoms. The maximum atomic E-state index is 13.7. The van der Waals surface area contributed by atoms with Crippen molar-refractivity contribution in [1.29, 1.82) is 0 Å². The molecule has 0 aliphatic heterocycles. The van der Waals surface area contributed by atoms with Crippen LogP contribution in [0.1, 0.15) is 22.8 Å². The molecule has 1 aromatic rings. The number of hydrogen-bond donors (Lipinski definition) is 2. The first-order chi connectivity index (χ1) is 8.02. The summed E-state index contributed by atoms with van der Waals surface area (Å²) in [6.45, 7) is 1.48. The van der Waals surface area contributed by atoms with Crippen LogP contribution in [0, 0.1) is 11.6 Å². The Balaban J connectivity index is 3.34. The number of amidine groups is 1. The largest absolute Gasteiger partial charge is 0.462 e. The van der Waals surface area contributed by atoms with E-state index in [0.717, 1.165) is 12.1 Å². The van der Waals surface area contributed by atoms with Crippen molar-refractivity contribution in [2.24, 2.45) is 10.9 Å². The first-order valence-electron chi connectivity index (χ1n) is 4.65. The van der Waals surface area contributed by atoms with Gasteiger partial charge in [-0.15, -0.1) is 0 Å². The molecule has 92 valence electrons. The van der Waals surface area contributed by atoms with Crippen LogP contribution in [0.5, 0.6) is 0 Å². The lowest BCUT2D eigenvalue weighted by atomic mass is 10.1. The molecule has 0 aromatic heterocycles. The molecule has 0 aliphatic carbocycles. The molecule has 1 rings (SSSR count). The van der Waals surface area contributed by atoms with Crippen LogP contribution in [0.3, 0.4) is 0 Å². The van der Waals surface area contributed by atoms with Crippen molar-refractivity contribution in [3.05, 3.63) is 34.9 Å². The van der Waals surface area contributed by atoms with Crippen molar-refractivity contribution in [2.45, 2.75) is 6.92 Å². The number of ether oxygens (including phenoxy) is 1. The predicted octanol–water partition coefficient (Wildman–Crippen LogP) is 1.24. The number of rotatable bonds is 3. The Kier molecular flexibility index (Phi) is 3.97. The zero-order valence-electron chi connectivity index (χ0n) is 8.91. The van der Waals surface area contributed by atoms with E-state index in [-0.39, 0.29) is 12.2 Å². The molecule has 0 saturated heterocycles. The van der Waals surface area contributed by atoms with Crippen LogP contribution in [0.2, 0.25) is 0 Å². The summed E-state index contributed by atoms with van der Waals surface area (Å²) in [4.78, 5) is 11.3. The SMILES string of the molecule is CCOC(=O)c1c(F)ccc(/C(N)=N/O)c1F. The fourth-order valence-corrected chi connectivity index (χ4v) is 1.19. The van der Waals surface area contributed by atoms with Crippen molar-refractivity contribution in [1.82, 2.24) is 0 Å². The number of esters is 1. The fourth-order valence-electron chi connectivity index (χ4n) is 1.19. The number of nitrogens with zero attached hydrogens (tertiary/aromatic N) is 1. The van der Waals surface area contributed by atoms with Gasteiger partial charge in [0.1, 0.15) is 11.4 Å². The van der Waals surface area contributed by atoms with E-state index in [1.54, 1.807) is 0 Å². The molecule has 0 bridgehead atoms. The van der Waals surface area contributed by atoms with Crippen molar-refractivity contribution < 1.29 is 23.5 Å². The van der Waals surface area contributed by atoms with Crippen LogP contribution in [0.15, 0.2) is 17.3 Å². The normalized spacial score (nSPS) is 11.4. The number of benzene rings is 1. The molecule has 0 amide bonds. The van der Waals surface area contributed by atoms with Crippen molar-refractivity contribution >= 4 is 11.8 Å². The van der Waals surface area contributed by atoms with Crippen LogP contribution in [-0.2, 0) is 4.74 Å². The highest BCUT2D eigenvalue weighted by molar-refractivity contribution is 6.00. The van der Waals surface area contributed by atoms with Gasteiger partial charge in [-0.1, -0.05) is 5.16 Å². The lowest BCUT2D eigenvalue weighted by Crippen LogP contribution is -2.19. The quantitative estimate of drug-likeness (QED) is 0.275. The Morgan fingerprint density at radius 2 is 2.18 bits per heavy atom. The minimum atomic E-state index is -1.22. The zero-order chi connectivity index (χ0) is 13.0. The monoisotopic (exact) mass is 244 g/mol. The smallest absolute Gasteiger partial charge is 0.344 e. The number of oxime groups is 1. The summed E-state index contributed by atoms with van der Waals surface area (Å²) in [6.07, 6.45) is 0. The highest BCUT2D eigenvalue weighted by atomic mass is 19.1. The minimum Gasteiger partial charge on any atom is -0.462 e. The van der Waals surface area contributed by atoms with Gasteiger partial charge in [0.25, 0.3) is 0 Å². The average Bonchev–Trinajstić information content (AvgIpc) is 2.28. The molecule has 0 heterocycles. The number of carbonyl (C=O) groups excluding carboxylic acids is 1. The van der Waals surface area contributed by atoms with E-state index in [2.05, 4.69) is 9.89 Å². The summed E-state index contributed by atoms with van der Waals surface area (Å²) < 4.78 is 31.5. The summed E-state index contributed by atoms with van der Waals surface area (Å²) in [6, 6.07) is 1.80. The van der Waals surface area contributed by atoms with Crippen LogP contribution in [-0.4, -0.2) is 23.6 Å². The third-order valence-corrected chi connectivity index (χ3v) is 1.95. The van der Waals surface area contributed by atoms with Gasteiger partial charge >= 0.3 is 5.97 Å². The standard InChI is InChI=1S/C10H10F2N2O3/c1-2-17-10(15)7-6(11)4-3-5(8(7)12)9(13)14-16/h3-4,16H,2H2,1H3,(H2,13,14). The maximum Gasteiger partial charge on any atom is 0.344 e. The second-order valence-electron chi connectivity index (χ2n) is 2.99. The van der Waals surface area contributed by atoms with Crippen LogP contribution in [0.25, 0.3) is 0 Å². The molecule has 0 aliphatic rings. The third kappa shape index (κ3) is 2.49. The number of halogens is 2. The number of carbonyl (C=O) groups is 1. The van der Waals surface area contributed by atoms with E-state index < -0.39 is 29.0 Å². The van der Waals surface area contributed by atoms with Gasteiger partial charge in [-0.3, -0.25) is 0 Å². The number of nitrogens with two attached hydrogens (primary N) is 1. The maximum absolute atomic E-state index is 13.7. The van der Waals surface area contributed by atoms with E-state index in [0.29, 0.717) is 0 Å². The lowest BCUT2D eigenvalue weighted by molar-refractivity contribution is 0.0515. The van der Waals surface area contributed by atoms with E-state index in [1.165, 1.54) is 6.92 Å². The second-order valence-corrected chi connectivity index (χ2v) is 2.99. The third-order valence-electron chi connectivity index (χ3n) is 1.95. The summed E-state index contributed by atoms with van der Waals surface area (Å²) in [5.74, 6) is -4.00. The van der Waals surface area contributed by atoms with Crippen molar-refractivity contribution in [2.75, 3.05) is 6.61 Å². The van der Waals surface area contributed by atoms with E-state index in [4.69, 9.17) is 10.9 Å². The molecule has 17 heavy (non-hydrogen) atoms. The fraction of sp³-hybridized carbons (Fsp3) is 0.200. The van der Waals surface area contributed by atoms with E-state index in [9.17, 15) is 13.6 Å². The molecule has 7 heteroatoms. The molecule has 0 radical (unpaired) electrons. The van der Waals surface area contributed by atoms with Crippen molar-refractivity contribution in [3.63, 3.8) is 0 Å². The molecular formula is C10H10F2N2O3. The van der Waals surface area contributed by atoms with E-state index >= 15 is 0 Å². The Morgan fingerprint density at radius 1 is 1.53 bits per heavy atom. The zero-order valence-corrected chi connectivity index (χ0v) is 8.91. The first kappa shape index (κ1) is 12.9. The highest BCUT2D eigenvalue weighted by Gasteiger charge is 2.22. The van der Waals surface area contributed by atoms with Gasteiger partial charge in [0.05, 0.1) is 12.2 Å². The minimum absolute atomic E-state index is 0.0223. The Bertz CT molecular complexity index is 475. The summed E-state index contributed by atoms with van der Waals surface area (Å²) in [5.41, 5.74) is 3.93.